The lowest BCUT2D eigenvalue weighted by molar-refractivity contribution is -0.136. The predicted octanol–water partition coefficient (Wildman–Crippen LogP) is 2.36. The minimum Gasteiger partial charge on any atom is -0.324 e. The van der Waals surface area contributed by atoms with Crippen LogP contribution in [0.5, 0.6) is 0 Å². The Balaban J connectivity index is 2.13. The Morgan fingerprint density at radius 1 is 1.32 bits per heavy atom. The number of para-hydroxylation sites is 1. The third kappa shape index (κ3) is 3.70. The number of halogens is 3. The van der Waals surface area contributed by atoms with Crippen molar-refractivity contribution in [3.8, 4) is 0 Å². The first-order valence-electron chi connectivity index (χ1n) is 6.50. The molecule has 1 unspecified atom stereocenters. The number of hydrogen-bond donors (Lipinski definition) is 1. The predicted molar refractivity (Wildman–Crippen MR) is 75.3 cm³/mol. The zero-order valence-electron chi connectivity index (χ0n) is 11.7. The average molecular weight is 336 g/mol. The Kier molecular flexibility index (Phi) is 4.37. The van der Waals surface area contributed by atoms with Crippen LogP contribution in [0.1, 0.15) is 12.0 Å². The number of anilines is 1. The van der Waals surface area contributed by atoms with Crippen molar-refractivity contribution in [1.29, 1.82) is 0 Å². The van der Waals surface area contributed by atoms with Gasteiger partial charge in [-0.2, -0.15) is 13.2 Å². The van der Waals surface area contributed by atoms with Crippen LogP contribution in [-0.4, -0.2) is 43.9 Å². The van der Waals surface area contributed by atoms with E-state index in [-0.39, 0.29) is 23.6 Å². The van der Waals surface area contributed by atoms with Crippen molar-refractivity contribution in [2.45, 2.75) is 18.6 Å². The van der Waals surface area contributed by atoms with E-state index in [4.69, 9.17) is 0 Å². The quantitative estimate of drug-likeness (QED) is 0.901. The molecule has 1 N–H and O–H groups in total. The lowest BCUT2D eigenvalue weighted by Crippen LogP contribution is -2.40. The van der Waals surface area contributed by atoms with Gasteiger partial charge in [-0.1, -0.05) is 12.1 Å². The average Bonchev–Trinajstić information content (AvgIpc) is 2.77. The van der Waals surface area contributed by atoms with Crippen molar-refractivity contribution >= 4 is 21.6 Å². The zero-order valence-corrected chi connectivity index (χ0v) is 12.5. The van der Waals surface area contributed by atoms with E-state index in [0.29, 0.717) is 0 Å². The summed E-state index contributed by atoms with van der Waals surface area (Å²) in [5.74, 6) is -0.188. The highest BCUT2D eigenvalue weighted by Gasteiger charge is 2.35. The van der Waals surface area contributed by atoms with Gasteiger partial charge in [0.1, 0.15) is 0 Å². The van der Waals surface area contributed by atoms with Gasteiger partial charge in [-0.15, -0.1) is 0 Å². The Bertz CT molecular complexity index is 673. The van der Waals surface area contributed by atoms with Gasteiger partial charge in [-0.05, 0) is 18.6 Å². The largest absolute Gasteiger partial charge is 0.418 e. The van der Waals surface area contributed by atoms with Crippen LogP contribution < -0.4 is 5.32 Å². The molecule has 122 valence electrons. The van der Waals surface area contributed by atoms with Crippen molar-refractivity contribution in [3.63, 3.8) is 0 Å². The Hall–Kier alpha value is -1.77. The number of urea groups is 1. The molecule has 1 aromatic rings. The van der Waals surface area contributed by atoms with Gasteiger partial charge in [0.15, 0.2) is 9.84 Å². The van der Waals surface area contributed by atoms with E-state index in [1.54, 1.807) is 0 Å². The minimum absolute atomic E-state index is 0.0194. The number of nitrogens with zero attached hydrogens (tertiary/aromatic N) is 1. The molecule has 1 aliphatic heterocycles. The Morgan fingerprint density at radius 2 is 1.95 bits per heavy atom. The van der Waals surface area contributed by atoms with E-state index in [1.165, 1.54) is 19.2 Å². The maximum Gasteiger partial charge on any atom is 0.418 e. The van der Waals surface area contributed by atoms with Gasteiger partial charge >= 0.3 is 12.2 Å². The molecule has 0 spiro atoms. The second kappa shape index (κ2) is 5.79. The number of rotatable bonds is 2. The van der Waals surface area contributed by atoms with E-state index >= 15 is 0 Å². The minimum atomic E-state index is -4.58. The standard InChI is InChI=1S/C13H15F3N2O3S/c1-18(9-6-7-22(20,21)8-9)12(19)17-11-5-3-2-4-10(11)13(14,15)16/h2-5,9H,6-8H2,1H3,(H,17,19). The highest BCUT2D eigenvalue weighted by atomic mass is 32.2. The van der Waals surface area contributed by atoms with Crippen LogP contribution in [0.3, 0.4) is 0 Å². The monoisotopic (exact) mass is 336 g/mol. The summed E-state index contributed by atoms with van der Waals surface area (Å²) in [6.45, 7) is 0. The summed E-state index contributed by atoms with van der Waals surface area (Å²) in [6.07, 6.45) is -4.30. The van der Waals surface area contributed by atoms with Crippen LogP contribution in [-0.2, 0) is 16.0 Å². The smallest absolute Gasteiger partial charge is 0.324 e. The molecular weight excluding hydrogens is 321 g/mol. The number of carbonyl (C=O) groups excluding carboxylic acids is 1. The fraction of sp³-hybridized carbons (Fsp3) is 0.462. The van der Waals surface area contributed by atoms with Crippen LogP contribution >= 0.6 is 0 Å². The number of alkyl halides is 3. The Labute approximate surface area is 126 Å². The number of benzene rings is 1. The molecule has 9 heteroatoms. The molecule has 0 aromatic heterocycles. The van der Waals surface area contributed by atoms with E-state index < -0.39 is 33.6 Å². The zero-order chi connectivity index (χ0) is 16.5. The molecule has 1 saturated heterocycles. The third-order valence-electron chi connectivity index (χ3n) is 3.55. The van der Waals surface area contributed by atoms with E-state index in [1.807, 2.05) is 0 Å². The van der Waals surface area contributed by atoms with Crippen molar-refractivity contribution < 1.29 is 26.4 Å². The molecule has 2 rings (SSSR count). The molecule has 1 atom stereocenters. The van der Waals surface area contributed by atoms with Gasteiger partial charge in [0.25, 0.3) is 0 Å². The second-order valence-electron chi connectivity index (χ2n) is 5.14. The number of carbonyl (C=O) groups is 1. The highest BCUT2D eigenvalue weighted by molar-refractivity contribution is 7.91. The molecule has 1 aliphatic rings. The molecule has 1 heterocycles. The van der Waals surface area contributed by atoms with Crippen LogP contribution in [0.4, 0.5) is 23.7 Å². The van der Waals surface area contributed by atoms with Crippen molar-refractivity contribution in [2.75, 3.05) is 23.9 Å². The summed E-state index contributed by atoms with van der Waals surface area (Å²) >= 11 is 0. The summed E-state index contributed by atoms with van der Waals surface area (Å²) in [7, 11) is -1.81. The van der Waals surface area contributed by atoms with Gasteiger partial charge in [0.05, 0.1) is 22.8 Å². The number of hydrogen-bond acceptors (Lipinski definition) is 3. The molecule has 1 aromatic carbocycles. The third-order valence-corrected chi connectivity index (χ3v) is 5.30. The van der Waals surface area contributed by atoms with Crippen LogP contribution in [0, 0.1) is 0 Å². The second-order valence-corrected chi connectivity index (χ2v) is 7.37. The van der Waals surface area contributed by atoms with E-state index in [2.05, 4.69) is 5.32 Å². The first kappa shape index (κ1) is 16.6. The fourth-order valence-electron chi connectivity index (χ4n) is 2.29. The topological polar surface area (TPSA) is 66.5 Å². The van der Waals surface area contributed by atoms with Gasteiger partial charge < -0.3 is 10.2 Å². The number of sulfone groups is 1. The maximum atomic E-state index is 12.9. The molecular formula is C13H15F3N2O3S. The molecule has 5 nitrogen and oxygen atoms in total. The Morgan fingerprint density at radius 3 is 2.50 bits per heavy atom. The summed E-state index contributed by atoms with van der Waals surface area (Å²) < 4.78 is 61.4. The van der Waals surface area contributed by atoms with Crippen LogP contribution in [0.25, 0.3) is 0 Å². The van der Waals surface area contributed by atoms with Crippen molar-refractivity contribution in [3.05, 3.63) is 29.8 Å². The van der Waals surface area contributed by atoms with Crippen LogP contribution in [0.15, 0.2) is 24.3 Å². The first-order valence-corrected chi connectivity index (χ1v) is 8.33. The molecule has 0 saturated carbocycles. The molecule has 0 aliphatic carbocycles. The summed E-state index contributed by atoms with van der Waals surface area (Å²) in [5.41, 5.74) is -1.30. The molecule has 0 bridgehead atoms. The normalized spacial score (nSPS) is 20.6. The van der Waals surface area contributed by atoms with Gasteiger partial charge in [0, 0.05) is 13.1 Å². The maximum absolute atomic E-state index is 12.9. The summed E-state index contributed by atoms with van der Waals surface area (Å²) in [5, 5.41) is 2.19. The van der Waals surface area contributed by atoms with Gasteiger partial charge in [0.2, 0.25) is 0 Å². The van der Waals surface area contributed by atoms with E-state index in [0.717, 1.165) is 17.0 Å². The molecule has 0 radical (unpaired) electrons. The summed E-state index contributed by atoms with van der Waals surface area (Å²) in [6, 6.07) is 3.34. The van der Waals surface area contributed by atoms with Gasteiger partial charge in [-0.25, -0.2) is 13.2 Å². The van der Waals surface area contributed by atoms with Crippen LogP contribution in [0.2, 0.25) is 0 Å². The van der Waals surface area contributed by atoms with Crippen molar-refractivity contribution in [2.24, 2.45) is 0 Å². The molecule has 22 heavy (non-hydrogen) atoms. The lowest BCUT2D eigenvalue weighted by Gasteiger charge is -2.24. The summed E-state index contributed by atoms with van der Waals surface area (Å²) in [4.78, 5) is 13.2. The number of amides is 2. The first-order chi connectivity index (χ1) is 10.1. The number of nitrogens with one attached hydrogen (secondary N) is 1. The van der Waals surface area contributed by atoms with E-state index in [9.17, 15) is 26.4 Å². The lowest BCUT2D eigenvalue weighted by atomic mass is 10.1. The van der Waals surface area contributed by atoms with Crippen molar-refractivity contribution in [1.82, 2.24) is 4.90 Å². The highest BCUT2D eigenvalue weighted by Crippen LogP contribution is 2.34. The fourth-order valence-corrected chi connectivity index (χ4v) is 4.06. The van der Waals surface area contributed by atoms with Gasteiger partial charge in [-0.3, -0.25) is 0 Å². The SMILES string of the molecule is CN(C(=O)Nc1ccccc1C(F)(F)F)C1CCS(=O)(=O)C1. The molecule has 1 fully saturated rings. The molecule has 2 amide bonds.